The molecule has 37 heavy (non-hydrogen) atoms. The molecular weight excluding hydrogens is 565 g/mol. The SMILES string of the molecule is CC(=O)O[C@@H]1[C@@H](NC(=O)OCC(Cl)(Cl)Cl)[C@H](Sc2ccc(C)cc2)O[C@@H]2CO[C@@H](c3ccccc3)O[C@@H]12. The van der Waals surface area contributed by atoms with Crippen LogP contribution < -0.4 is 5.32 Å². The molecule has 0 spiro atoms. The summed E-state index contributed by atoms with van der Waals surface area (Å²) < 4.78 is 27.6. The fourth-order valence-electron chi connectivity index (χ4n) is 4.01. The van der Waals surface area contributed by atoms with Crippen LogP contribution in [0, 0.1) is 6.92 Å². The van der Waals surface area contributed by atoms with Crippen molar-refractivity contribution in [1.82, 2.24) is 5.32 Å². The Morgan fingerprint density at radius 2 is 1.78 bits per heavy atom. The summed E-state index contributed by atoms with van der Waals surface area (Å²) in [6, 6.07) is 16.3. The minimum Gasteiger partial charge on any atom is -0.457 e. The number of halogens is 3. The predicted molar refractivity (Wildman–Crippen MR) is 140 cm³/mol. The largest absolute Gasteiger partial charge is 0.457 e. The molecule has 0 bridgehead atoms. The van der Waals surface area contributed by atoms with Crippen LogP contribution in [-0.2, 0) is 28.5 Å². The number of carbonyl (C=O) groups is 2. The van der Waals surface area contributed by atoms with Crippen LogP contribution in [0.2, 0.25) is 0 Å². The van der Waals surface area contributed by atoms with Gasteiger partial charge < -0.3 is 29.0 Å². The van der Waals surface area contributed by atoms with E-state index in [2.05, 4.69) is 5.32 Å². The van der Waals surface area contributed by atoms with E-state index in [4.69, 9.17) is 58.5 Å². The van der Waals surface area contributed by atoms with E-state index in [1.165, 1.54) is 18.7 Å². The van der Waals surface area contributed by atoms with Gasteiger partial charge in [-0.25, -0.2) is 4.79 Å². The number of alkyl carbamates (subject to hydrolysis) is 1. The molecule has 0 aromatic heterocycles. The highest BCUT2D eigenvalue weighted by atomic mass is 35.6. The average molecular weight is 591 g/mol. The molecule has 2 saturated heterocycles. The number of esters is 1. The highest BCUT2D eigenvalue weighted by molar-refractivity contribution is 7.99. The number of ether oxygens (including phenoxy) is 5. The summed E-state index contributed by atoms with van der Waals surface area (Å²) in [5.41, 5.74) is 1.21. The van der Waals surface area contributed by atoms with Gasteiger partial charge in [0.15, 0.2) is 12.4 Å². The van der Waals surface area contributed by atoms with Gasteiger partial charge >= 0.3 is 12.1 Å². The molecule has 0 aliphatic carbocycles. The Morgan fingerprint density at radius 1 is 1.08 bits per heavy atom. The zero-order chi connectivity index (χ0) is 26.6. The molecule has 2 aliphatic rings. The van der Waals surface area contributed by atoms with Gasteiger partial charge in [-0.2, -0.15) is 0 Å². The molecular formula is C25H26Cl3NO7S. The van der Waals surface area contributed by atoms with Crippen molar-refractivity contribution in [2.24, 2.45) is 0 Å². The van der Waals surface area contributed by atoms with Crippen LogP contribution >= 0.6 is 46.6 Å². The van der Waals surface area contributed by atoms with E-state index in [9.17, 15) is 9.59 Å². The highest BCUT2D eigenvalue weighted by Gasteiger charge is 2.52. The van der Waals surface area contributed by atoms with Crippen LogP contribution in [0.5, 0.6) is 0 Å². The third kappa shape index (κ3) is 7.89. The second kappa shape index (κ2) is 12.4. The van der Waals surface area contributed by atoms with Crippen molar-refractivity contribution < 1.29 is 33.3 Å². The van der Waals surface area contributed by atoms with Crippen LogP contribution in [0.15, 0.2) is 59.5 Å². The van der Waals surface area contributed by atoms with E-state index < -0.39 is 58.5 Å². The molecule has 200 valence electrons. The van der Waals surface area contributed by atoms with Crippen molar-refractivity contribution in [3.8, 4) is 0 Å². The average Bonchev–Trinajstić information content (AvgIpc) is 2.85. The normalized spacial score (nSPS) is 27.6. The van der Waals surface area contributed by atoms with E-state index in [0.717, 1.165) is 16.0 Å². The standard InChI is InChI=1S/C25H26Cl3NO7S/c1-14-8-10-17(11-9-14)37-23-19(29-24(31)33-13-25(26,27)28)21(34-15(2)30)20-18(35-23)12-32-22(36-20)16-6-4-3-5-7-16/h3-11,18-23H,12-13H2,1-2H3,(H,29,31)/t18-,19-,20-,21-,22-,23+/m1/s1. The second-order valence-corrected chi connectivity index (χ2v) is 12.3. The summed E-state index contributed by atoms with van der Waals surface area (Å²) in [4.78, 5) is 25.8. The van der Waals surface area contributed by atoms with Crippen molar-refractivity contribution in [3.63, 3.8) is 0 Å². The lowest BCUT2D eigenvalue weighted by Crippen LogP contribution is -2.66. The molecule has 1 N–H and O–H groups in total. The van der Waals surface area contributed by atoms with Crippen molar-refractivity contribution in [3.05, 3.63) is 65.7 Å². The molecule has 0 radical (unpaired) electrons. The third-order valence-corrected chi connectivity index (χ3v) is 7.15. The Hall–Kier alpha value is -1.72. The quantitative estimate of drug-likeness (QED) is 0.357. The Morgan fingerprint density at radius 3 is 2.43 bits per heavy atom. The van der Waals surface area contributed by atoms with E-state index in [-0.39, 0.29) is 6.61 Å². The van der Waals surface area contributed by atoms with Gasteiger partial charge in [-0.05, 0) is 19.1 Å². The Kier molecular flexibility index (Phi) is 9.50. The van der Waals surface area contributed by atoms with E-state index in [0.29, 0.717) is 0 Å². The second-order valence-electron chi connectivity index (χ2n) is 8.59. The first-order valence-electron chi connectivity index (χ1n) is 11.5. The van der Waals surface area contributed by atoms with E-state index in [1.807, 2.05) is 61.5 Å². The van der Waals surface area contributed by atoms with Crippen LogP contribution in [-0.4, -0.2) is 58.9 Å². The first-order valence-corrected chi connectivity index (χ1v) is 13.5. The van der Waals surface area contributed by atoms with Crippen molar-refractivity contribution >= 4 is 58.6 Å². The van der Waals surface area contributed by atoms with Gasteiger partial charge in [-0.1, -0.05) is 94.6 Å². The summed E-state index contributed by atoms with van der Waals surface area (Å²) in [6.07, 6.45) is -3.80. The number of rotatable bonds is 6. The van der Waals surface area contributed by atoms with E-state index >= 15 is 0 Å². The minimum atomic E-state index is -1.79. The monoisotopic (exact) mass is 589 g/mol. The number of aryl methyl sites for hydroxylation is 1. The molecule has 8 nitrogen and oxygen atoms in total. The zero-order valence-corrected chi connectivity index (χ0v) is 23.1. The summed E-state index contributed by atoms with van der Waals surface area (Å²) in [5, 5.41) is 2.74. The summed E-state index contributed by atoms with van der Waals surface area (Å²) in [6.45, 7) is 2.99. The molecule has 2 heterocycles. The van der Waals surface area contributed by atoms with Crippen LogP contribution in [0.1, 0.15) is 24.3 Å². The van der Waals surface area contributed by atoms with Gasteiger partial charge in [-0.15, -0.1) is 0 Å². The molecule has 2 aromatic carbocycles. The van der Waals surface area contributed by atoms with Gasteiger partial charge in [0.05, 0.1) is 6.61 Å². The van der Waals surface area contributed by atoms with Crippen LogP contribution in [0.3, 0.4) is 0 Å². The van der Waals surface area contributed by atoms with Gasteiger partial charge in [0.2, 0.25) is 3.79 Å². The number of carbonyl (C=O) groups excluding carboxylic acids is 2. The predicted octanol–water partition coefficient (Wildman–Crippen LogP) is 5.32. The maximum atomic E-state index is 12.7. The van der Waals surface area contributed by atoms with Gasteiger partial charge in [0.25, 0.3) is 0 Å². The van der Waals surface area contributed by atoms with Crippen molar-refractivity contribution in [2.45, 2.75) is 58.6 Å². The lowest BCUT2D eigenvalue weighted by atomic mass is 9.96. The number of thioether (sulfide) groups is 1. The first-order chi connectivity index (χ1) is 17.6. The first kappa shape index (κ1) is 28.3. The Labute approximate surface area is 234 Å². The molecule has 12 heteroatoms. The number of nitrogens with one attached hydrogen (secondary N) is 1. The molecule has 2 aromatic rings. The summed E-state index contributed by atoms with van der Waals surface area (Å²) >= 11 is 18.5. The molecule has 6 atom stereocenters. The van der Waals surface area contributed by atoms with Crippen molar-refractivity contribution in [2.75, 3.05) is 13.2 Å². The fraction of sp³-hybridized carbons (Fsp3) is 0.440. The smallest absolute Gasteiger partial charge is 0.407 e. The highest BCUT2D eigenvalue weighted by Crippen LogP contribution is 2.40. The van der Waals surface area contributed by atoms with E-state index in [1.54, 1.807) is 0 Å². The lowest BCUT2D eigenvalue weighted by Gasteiger charge is -2.48. The molecule has 0 unspecified atom stereocenters. The van der Waals surface area contributed by atoms with Gasteiger partial charge in [0.1, 0.15) is 30.3 Å². The lowest BCUT2D eigenvalue weighted by molar-refractivity contribution is -0.308. The molecule has 2 aliphatic heterocycles. The number of hydrogen-bond donors (Lipinski definition) is 1. The third-order valence-electron chi connectivity index (χ3n) is 5.64. The Bertz CT molecular complexity index is 1070. The van der Waals surface area contributed by atoms with Crippen LogP contribution in [0.4, 0.5) is 4.79 Å². The molecule has 4 rings (SSSR count). The number of fused-ring (bicyclic) bond motifs is 1. The topological polar surface area (TPSA) is 92.3 Å². The summed E-state index contributed by atoms with van der Waals surface area (Å²) in [5.74, 6) is -0.544. The van der Waals surface area contributed by atoms with Gasteiger partial charge in [0, 0.05) is 17.4 Å². The number of alkyl halides is 3. The number of benzene rings is 2. The maximum Gasteiger partial charge on any atom is 0.407 e. The maximum absolute atomic E-state index is 12.7. The Balaban J connectivity index is 1.61. The minimum absolute atomic E-state index is 0.192. The zero-order valence-electron chi connectivity index (χ0n) is 20.0. The summed E-state index contributed by atoms with van der Waals surface area (Å²) in [7, 11) is 0. The van der Waals surface area contributed by atoms with Crippen LogP contribution in [0.25, 0.3) is 0 Å². The molecule has 2 fully saturated rings. The number of hydrogen-bond acceptors (Lipinski definition) is 8. The molecule has 0 saturated carbocycles. The van der Waals surface area contributed by atoms with Gasteiger partial charge in [-0.3, -0.25) is 4.79 Å². The molecule has 1 amide bonds. The number of amides is 1. The fourth-order valence-corrected chi connectivity index (χ4v) is 5.31. The van der Waals surface area contributed by atoms with Crippen molar-refractivity contribution in [1.29, 1.82) is 0 Å².